The first-order chi connectivity index (χ1) is 8.09. The van der Waals surface area contributed by atoms with Crippen LogP contribution < -0.4 is 5.32 Å². The Morgan fingerprint density at radius 2 is 2.24 bits per heavy atom. The van der Waals surface area contributed by atoms with Gasteiger partial charge in [-0.1, -0.05) is 20.3 Å². The van der Waals surface area contributed by atoms with E-state index in [2.05, 4.69) is 29.1 Å². The highest BCUT2D eigenvalue weighted by molar-refractivity contribution is 5.34. The van der Waals surface area contributed by atoms with Crippen LogP contribution in [0.1, 0.15) is 45.2 Å². The molecule has 1 aliphatic rings. The Hall–Kier alpha value is -1.63. The van der Waals surface area contributed by atoms with Crippen LogP contribution in [0.15, 0.2) is 12.4 Å². The molecule has 90 valence electrons. The van der Waals surface area contributed by atoms with Crippen molar-refractivity contribution in [2.24, 2.45) is 5.41 Å². The molecule has 0 aliphatic heterocycles. The Kier molecular flexibility index (Phi) is 3.28. The molecular weight excluding hydrogens is 212 g/mol. The Bertz CT molecular complexity index is 416. The second-order valence-corrected chi connectivity index (χ2v) is 5.50. The summed E-state index contributed by atoms with van der Waals surface area (Å²) in [4.78, 5) is 8.21. The van der Waals surface area contributed by atoms with Crippen molar-refractivity contribution < 1.29 is 0 Å². The van der Waals surface area contributed by atoms with E-state index in [-0.39, 0.29) is 0 Å². The van der Waals surface area contributed by atoms with Gasteiger partial charge in [0.05, 0.1) is 12.4 Å². The fourth-order valence-electron chi connectivity index (χ4n) is 2.49. The van der Waals surface area contributed by atoms with E-state index >= 15 is 0 Å². The van der Waals surface area contributed by atoms with E-state index in [4.69, 9.17) is 5.26 Å². The Balaban J connectivity index is 1.98. The number of nitriles is 1. The zero-order chi connectivity index (χ0) is 12.3. The predicted octanol–water partition coefficient (Wildman–Crippen LogP) is 2.73. The molecule has 0 amide bonds. The van der Waals surface area contributed by atoms with Crippen LogP contribution in [-0.2, 0) is 0 Å². The molecule has 0 saturated heterocycles. The van der Waals surface area contributed by atoms with E-state index in [9.17, 15) is 0 Å². The van der Waals surface area contributed by atoms with Crippen LogP contribution in [0.2, 0.25) is 0 Å². The summed E-state index contributed by atoms with van der Waals surface area (Å²) in [6.07, 6.45) is 8.05. The SMILES string of the molecule is CC1(C)CCCC(Nc2cnc(C#N)cn2)C1. The fourth-order valence-corrected chi connectivity index (χ4v) is 2.49. The molecule has 0 bridgehead atoms. The van der Waals surface area contributed by atoms with Gasteiger partial charge >= 0.3 is 0 Å². The number of hydrogen-bond acceptors (Lipinski definition) is 4. The van der Waals surface area contributed by atoms with Crippen molar-refractivity contribution in [1.29, 1.82) is 5.26 Å². The van der Waals surface area contributed by atoms with Crippen molar-refractivity contribution >= 4 is 5.82 Å². The van der Waals surface area contributed by atoms with Crippen LogP contribution in [-0.4, -0.2) is 16.0 Å². The summed E-state index contributed by atoms with van der Waals surface area (Å²) in [7, 11) is 0. The molecule has 1 atom stereocenters. The molecule has 1 aromatic heterocycles. The maximum Gasteiger partial charge on any atom is 0.158 e. The first-order valence-corrected chi connectivity index (χ1v) is 6.08. The lowest BCUT2D eigenvalue weighted by Crippen LogP contribution is -2.32. The zero-order valence-corrected chi connectivity index (χ0v) is 10.4. The van der Waals surface area contributed by atoms with Crippen molar-refractivity contribution in [3.05, 3.63) is 18.1 Å². The van der Waals surface area contributed by atoms with Gasteiger partial charge in [-0.05, 0) is 24.7 Å². The third kappa shape index (κ3) is 3.16. The third-order valence-electron chi connectivity index (χ3n) is 3.32. The summed E-state index contributed by atoms with van der Waals surface area (Å²) < 4.78 is 0. The second-order valence-electron chi connectivity index (χ2n) is 5.50. The van der Waals surface area contributed by atoms with Crippen molar-refractivity contribution in [2.45, 2.75) is 45.6 Å². The molecule has 1 aliphatic carbocycles. The number of aromatic nitrogens is 2. The average molecular weight is 230 g/mol. The molecule has 1 aromatic rings. The van der Waals surface area contributed by atoms with Gasteiger partial charge < -0.3 is 5.32 Å². The topological polar surface area (TPSA) is 61.6 Å². The third-order valence-corrected chi connectivity index (χ3v) is 3.32. The van der Waals surface area contributed by atoms with Crippen molar-refractivity contribution in [1.82, 2.24) is 9.97 Å². The van der Waals surface area contributed by atoms with Gasteiger partial charge in [-0.25, -0.2) is 9.97 Å². The summed E-state index contributed by atoms with van der Waals surface area (Å²) in [5, 5.41) is 12.1. The van der Waals surface area contributed by atoms with E-state index in [1.54, 1.807) is 6.20 Å². The maximum absolute atomic E-state index is 8.65. The van der Waals surface area contributed by atoms with E-state index < -0.39 is 0 Å². The van der Waals surface area contributed by atoms with Crippen LogP contribution in [0.4, 0.5) is 5.82 Å². The van der Waals surface area contributed by atoms with E-state index in [0.29, 0.717) is 17.2 Å². The minimum Gasteiger partial charge on any atom is -0.366 e. The zero-order valence-electron chi connectivity index (χ0n) is 10.4. The summed E-state index contributed by atoms with van der Waals surface area (Å²) in [6, 6.07) is 2.44. The summed E-state index contributed by atoms with van der Waals surface area (Å²) in [5.74, 6) is 0.770. The van der Waals surface area contributed by atoms with Gasteiger partial charge in [0, 0.05) is 6.04 Å². The predicted molar refractivity (Wildman–Crippen MR) is 66.4 cm³/mol. The van der Waals surface area contributed by atoms with E-state index in [1.807, 2.05) is 6.07 Å². The maximum atomic E-state index is 8.65. The smallest absolute Gasteiger partial charge is 0.158 e. The Morgan fingerprint density at radius 3 is 2.82 bits per heavy atom. The molecule has 0 aromatic carbocycles. The fraction of sp³-hybridized carbons (Fsp3) is 0.615. The molecular formula is C13H18N4. The normalized spacial score (nSPS) is 22.8. The van der Waals surface area contributed by atoms with Crippen LogP contribution in [0.25, 0.3) is 0 Å². The Labute approximate surface area is 102 Å². The Morgan fingerprint density at radius 1 is 1.41 bits per heavy atom. The van der Waals surface area contributed by atoms with E-state index in [1.165, 1.54) is 25.5 Å². The molecule has 1 N–H and O–H groups in total. The molecule has 17 heavy (non-hydrogen) atoms. The summed E-state index contributed by atoms with van der Waals surface area (Å²) in [6.45, 7) is 4.62. The van der Waals surface area contributed by atoms with Gasteiger partial charge in [0.1, 0.15) is 11.9 Å². The second kappa shape index (κ2) is 4.70. The van der Waals surface area contributed by atoms with Gasteiger partial charge in [-0.15, -0.1) is 0 Å². The minimum atomic E-state index is 0.361. The lowest BCUT2D eigenvalue weighted by atomic mass is 9.75. The number of hydrogen-bond donors (Lipinski definition) is 1. The molecule has 4 heteroatoms. The molecule has 1 unspecified atom stereocenters. The lowest BCUT2D eigenvalue weighted by Gasteiger charge is -2.35. The summed E-state index contributed by atoms with van der Waals surface area (Å²) in [5.41, 5.74) is 0.773. The summed E-state index contributed by atoms with van der Waals surface area (Å²) >= 11 is 0. The quantitative estimate of drug-likeness (QED) is 0.848. The molecule has 1 heterocycles. The average Bonchev–Trinajstić information content (AvgIpc) is 2.29. The van der Waals surface area contributed by atoms with Crippen molar-refractivity contribution in [3.8, 4) is 6.07 Å². The van der Waals surface area contributed by atoms with Gasteiger partial charge in [0.25, 0.3) is 0 Å². The van der Waals surface area contributed by atoms with E-state index in [0.717, 1.165) is 12.2 Å². The number of rotatable bonds is 2. The molecule has 0 spiro atoms. The number of anilines is 1. The van der Waals surface area contributed by atoms with Gasteiger partial charge in [-0.3, -0.25) is 0 Å². The van der Waals surface area contributed by atoms with Crippen molar-refractivity contribution in [2.75, 3.05) is 5.32 Å². The molecule has 0 radical (unpaired) electrons. The number of nitrogens with one attached hydrogen (secondary N) is 1. The monoisotopic (exact) mass is 230 g/mol. The highest BCUT2D eigenvalue weighted by atomic mass is 15.0. The first kappa shape index (κ1) is 11.8. The van der Waals surface area contributed by atoms with Crippen molar-refractivity contribution in [3.63, 3.8) is 0 Å². The van der Waals surface area contributed by atoms with Gasteiger partial charge in [0.2, 0.25) is 0 Å². The largest absolute Gasteiger partial charge is 0.366 e. The number of nitrogens with zero attached hydrogens (tertiary/aromatic N) is 3. The molecule has 2 rings (SSSR count). The van der Waals surface area contributed by atoms with Crippen LogP contribution in [0, 0.1) is 16.7 Å². The first-order valence-electron chi connectivity index (χ1n) is 6.08. The van der Waals surface area contributed by atoms with Crippen LogP contribution in [0.5, 0.6) is 0 Å². The standard InChI is InChI=1S/C13H18N4/c1-13(2)5-3-4-10(6-13)17-12-9-15-11(7-14)8-16-12/h8-10H,3-6H2,1-2H3,(H,16,17). The van der Waals surface area contributed by atoms with Crippen LogP contribution in [0.3, 0.4) is 0 Å². The lowest BCUT2D eigenvalue weighted by molar-refractivity contribution is 0.229. The minimum absolute atomic E-state index is 0.361. The molecule has 1 fully saturated rings. The molecule has 4 nitrogen and oxygen atoms in total. The van der Waals surface area contributed by atoms with Gasteiger partial charge in [-0.2, -0.15) is 5.26 Å². The highest BCUT2D eigenvalue weighted by Gasteiger charge is 2.27. The van der Waals surface area contributed by atoms with Gasteiger partial charge in [0.15, 0.2) is 5.69 Å². The van der Waals surface area contributed by atoms with Crippen LogP contribution >= 0.6 is 0 Å². The highest BCUT2D eigenvalue weighted by Crippen LogP contribution is 2.36. The molecule has 1 saturated carbocycles.